The minimum Gasteiger partial charge on any atom is -0.492 e. The molecule has 0 saturated carbocycles. The van der Waals surface area contributed by atoms with Crippen molar-refractivity contribution < 1.29 is 42.0 Å². The van der Waals surface area contributed by atoms with Crippen LogP contribution in [0.3, 0.4) is 0 Å². The number of esters is 1. The Hall–Kier alpha value is -1.74. The number of hydrogen-bond acceptors (Lipinski definition) is 7. The minimum atomic E-state index is -4.28. The average molecular weight is 811 g/mol. The average Bonchev–Trinajstić information content (AvgIpc) is 3.91. The quantitative estimate of drug-likeness (QED) is 0.0124. The van der Waals surface area contributed by atoms with Crippen LogP contribution in [-0.4, -0.2) is 81.2 Å². The van der Waals surface area contributed by atoms with Crippen LogP contribution in [0.15, 0.2) is 48.8 Å². The van der Waals surface area contributed by atoms with E-state index in [1.165, 1.54) is 109 Å². The second kappa shape index (κ2) is 35.2. The monoisotopic (exact) mass is 811 g/mol. The topological polar surface area (TPSA) is 104 Å². The summed E-state index contributed by atoms with van der Waals surface area (Å²) in [6.45, 7) is 4.81. The van der Waals surface area contributed by atoms with Crippen molar-refractivity contribution in [1.29, 1.82) is 0 Å². The molecule has 0 bridgehead atoms. The Balaban J connectivity index is 2.27. The summed E-state index contributed by atoms with van der Waals surface area (Å²) >= 11 is 0. The van der Waals surface area contributed by atoms with Crippen LogP contribution >= 0.6 is 7.82 Å². The summed E-state index contributed by atoms with van der Waals surface area (Å²) in [5.41, 5.74) is 0. The van der Waals surface area contributed by atoms with E-state index in [0.717, 1.165) is 38.5 Å². The minimum absolute atomic E-state index is 0.0785. The number of carbonyl (C=O) groups is 1. The summed E-state index contributed by atoms with van der Waals surface area (Å²) in [6, 6.07) is 0. The summed E-state index contributed by atoms with van der Waals surface area (Å²) in [7, 11) is 1.64. The molecule has 326 valence electrons. The Morgan fingerprint density at radius 3 is 1.86 bits per heavy atom. The molecule has 0 aromatic carbocycles. The van der Waals surface area contributed by atoms with E-state index in [1.54, 1.807) is 6.26 Å². The Labute approximate surface area is 343 Å². The van der Waals surface area contributed by atoms with Crippen molar-refractivity contribution in [3.05, 3.63) is 48.8 Å². The number of carbonyl (C=O) groups excluding carboxylic acids is 1. The van der Waals surface area contributed by atoms with Crippen LogP contribution in [0.2, 0.25) is 0 Å². The largest absolute Gasteiger partial charge is 0.492 e. The van der Waals surface area contributed by atoms with Crippen molar-refractivity contribution in [2.75, 3.05) is 47.5 Å². The maximum atomic E-state index is 12.5. The lowest BCUT2D eigenvalue weighted by atomic mass is 10.0. The number of quaternary nitrogens is 1. The number of epoxide rings is 1. The van der Waals surface area contributed by atoms with Crippen molar-refractivity contribution in [2.45, 2.75) is 193 Å². The molecule has 3 unspecified atom stereocenters. The van der Waals surface area contributed by atoms with Gasteiger partial charge in [-0.2, -0.15) is 0 Å². The zero-order chi connectivity index (χ0) is 41.0. The molecule has 9 nitrogen and oxygen atoms in total. The van der Waals surface area contributed by atoms with E-state index >= 15 is 0 Å². The number of hydrogen-bond donors (Lipinski definition) is 1. The number of ether oxygens (including phenoxy) is 3. The fraction of sp³-hybridized carbons (Fsp3) is 0.804. The fourth-order valence-corrected chi connectivity index (χ4v) is 6.95. The van der Waals surface area contributed by atoms with Crippen LogP contribution in [-0.2, 0) is 32.6 Å². The van der Waals surface area contributed by atoms with E-state index in [1.807, 2.05) is 27.2 Å². The van der Waals surface area contributed by atoms with Gasteiger partial charge in [-0.05, 0) is 57.4 Å². The maximum absolute atomic E-state index is 12.5. The van der Waals surface area contributed by atoms with E-state index < -0.39 is 13.9 Å². The predicted molar refractivity (Wildman–Crippen MR) is 232 cm³/mol. The zero-order valence-electron chi connectivity index (χ0n) is 36.6. The highest BCUT2D eigenvalue weighted by atomic mass is 31.2. The molecule has 0 aromatic heterocycles. The van der Waals surface area contributed by atoms with Gasteiger partial charge >= 0.3 is 13.8 Å². The highest BCUT2D eigenvalue weighted by Crippen LogP contribution is 2.43. The first-order valence-electron chi connectivity index (χ1n) is 22.5. The molecule has 56 heavy (non-hydrogen) atoms. The van der Waals surface area contributed by atoms with Crippen LogP contribution in [0.25, 0.3) is 0 Å². The van der Waals surface area contributed by atoms with E-state index in [9.17, 15) is 14.3 Å². The number of allylic oxidation sites excluding steroid dienone is 6. The van der Waals surface area contributed by atoms with E-state index in [2.05, 4.69) is 50.3 Å². The third kappa shape index (κ3) is 35.4. The second-order valence-electron chi connectivity index (χ2n) is 16.5. The van der Waals surface area contributed by atoms with Gasteiger partial charge in [-0.15, -0.1) is 0 Å². The van der Waals surface area contributed by atoms with Crippen molar-refractivity contribution in [3.8, 4) is 0 Å². The van der Waals surface area contributed by atoms with Gasteiger partial charge in [0.1, 0.15) is 19.8 Å². The van der Waals surface area contributed by atoms with Crippen molar-refractivity contribution in [2.24, 2.45) is 0 Å². The highest BCUT2D eigenvalue weighted by molar-refractivity contribution is 7.47. The van der Waals surface area contributed by atoms with Gasteiger partial charge in [-0.3, -0.25) is 13.8 Å². The van der Waals surface area contributed by atoms with Gasteiger partial charge in [-0.1, -0.05) is 153 Å². The third-order valence-electron chi connectivity index (χ3n) is 9.91. The molecule has 1 aliphatic rings. The first-order chi connectivity index (χ1) is 27.1. The zero-order valence-corrected chi connectivity index (χ0v) is 37.5. The molecule has 4 atom stereocenters. The molecule has 1 N–H and O–H groups in total. The van der Waals surface area contributed by atoms with Crippen molar-refractivity contribution in [1.82, 2.24) is 0 Å². The third-order valence-corrected chi connectivity index (χ3v) is 10.9. The SMILES string of the molecule is CCCCCCCCCCCCCCCC/C=C/O[C@H](COC(=O)CCC/C=C\C/C=C\C/C=C\CC1OC1CCCCC)COP(=O)(O)OCC[N+](C)(C)C. The standard InChI is InChI=1S/C46H84NO8P/c1-6-8-10-11-12-13-14-15-16-17-18-21-24-27-30-34-39-51-43(42-54-56(49,50)53-40-38-47(3,4)5)41-52-46(48)37-33-29-26-23-20-19-22-25-28-32-36-45-44(55-45)35-31-9-7-2/h19,22-23,26,28,32,34,39,43-45H,6-18,20-21,24-25,27,29-31,33,35-38,40-42H2,1-5H3/p+1/b22-19-,26-23-,32-28-,39-34+/t43-,44?,45?/m1/s1. The molecule has 1 rings (SSSR count). The Morgan fingerprint density at radius 2 is 1.23 bits per heavy atom. The number of unbranched alkanes of at least 4 members (excludes halogenated alkanes) is 17. The molecule has 0 aliphatic carbocycles. The molecular formula is C46H85NO8P+. The smallest absolute Gasteiger partial charge is 0.472 e. The molecular weight excluding hydrogens is 725 g/mol. The first-order valence-corrected chi connectivity index (χ1v) is 24.0. The number of rotatable bonds is 40. The Kier molecular flexibility index (Phi) is 32.9. The predicted octanol–water partition coefficient (Wildman–Crippen LogP) is 12.5. The summed E-state index contributed by atoms with van der Waals surface area (Å²) in [4.78, 5) is 22.7. The molecule has 0 amide bonds. The lowest BCUT2D eigenvalue weighted by Gasteiger charge is -2.24. The lowest BCUT2D eigenvalue weighted by Crippen LogP contribution is -2.37. The van der Waals surface area contributed by atoms with E-state index in [4.69, 9.17) is 23.3 Å². The molecule has 1 heterocycles. The normalized spacial score (nSPS) is 17.8. The number of likely N-dealkylation sites (N-methyl/N-ethyl adjacent to an activating group) is 1. The summed E-state index contributed by atoms with van der Waals surface area (Å²) in [5.74, 6) is -0.333. The van der Waals surface area contributed by atoms with E-state index in [0.29, 0.717) is 29.7 Å². The van der Waals surface area contributed by atoms with Crippen LogP contribution in [0.5, 0.6) is 0 Å². The van der Waals surface area contributed by atoms with Crippen LogP contribution in [0, 0.1) is 0 Å². The van der Waals surface area contributed by atoms with Crippen LogP contribution in [0.4, 0.5) is 0 Å². The van der Waals surface area contributed by atoms with E-state index in [-0.39, 0.29) is 32.2 Å². The summed E-state index contributed by atoms with van der Waals surface area (Å²) in [5, 5.41) is 0. The molecule has 10 heteroatoms. The first kappa shape index (κ1) is 52.3. The molecule has 0 spiro atoms. The van der Waals surface area contributed by atoms with Gasteiger partial charge in [0.15, 0.2) is 6.10 Å². The van der Waals surface area contributed by atoms with Crippen molar-refractivity contribution >= 4 is 13.8 Å². The fourth-order valence-electron chi connectivity index (χ4n) is 6.21. The Morgan fingerprint density at radius 1 is 0.679 bits per heavy atom. The lowest BCUT2D eigenvalue weighted by molar-refractivity contribution is -0.870. The van der Waals surface area contributed by atoms with Gasteiger partial charge in [0.05, 0.1) is 46.2 Å². The number of nitrogens with zero attached hydrogens (tertiary/aromatic N) is 1. The maximum Gasteiger partial charge on any atom is 0.472 e. The molecule has 1 saturated heterocycles. The van der Waals surface area contributed by atoms with Crippen molar-refractivity contribution in [3.63, 3.8) is 0 Å². The van der Waals surface area contributed by atoms with Gasteiger partial charge < -0.3 is 23.6 Å². The summed E-state index contributed by atoms with van der Waals surface area (Å²) in [6.07, 6.45) is 45.7. The van der Waals surface area contributed by atoms with Crippen LogP contribution in [0.1, 0.15) is 174 Å². The summed E-state index contributed by atoms with van der Waals surface area (Å²) < 4.78 is 40.5. The number of phosphoric acid groups is 1. The van der Waals surface area contributed by atoms with Crippen LogP contribution < -0.4 is 0 Å². The Bertz CT molecular complexity index is 1100. The molecule has 1 fully saturated rings. The highest BCUT2D eigenvalue weighted by Gasteiger charge is 2.36. The molecule has 1 aliphatic heterocycles. The van der Waals surface area contributed by atoms with Gasteiger partial charge in [-0.25, -0.2) is 4.57 Å². The second-order valence-corrected chi connectivity index (χ2v) is 18.0. The van der Waals surface area contributed by atoms with Gasteiger partial charge in [0.2, 0.25) is 0 Å². The number of phosphoric ester groups is 1. The molecule has 0 aromatic rings. The van der Waals surface area contributed by atoms with Gasteiger partial charge in [0.25, 0.3) is 0 Å². The van der Waals surface area contributed by atoms with Gasteiger partial charge in [0, 0.05) is 6.42 Å². The molecule has 0 radical (unpaired) electrons.